The average molecular weight is 273 g/mol. The van der Waals surface area contributed by atoms with Gasteiger partial charge in [-0.05, 0) is 23.6 Å². The van der Waals surface area contributed by atoms with Crippen molar-refractivity contribution in [3.63, 3.8) is 0 Å². The Morgan fingerprint density at radius 3 is 2.44 bits per heavy atom. The van der Waals surface area contributed by atoms with Crippen molar-refractivity contribution in [2.45, 2.75) is 6.54 Å². The van der Waals surface area contributed by atoms with Crippen LogP contribution in [0.25, 0.3) is 0 Å². The van der Waals surface area contributed by atoms with E-state index in [-0.39, 0.29) is 0 Å². The number of halogens is 2. The lowest BCUT2D eigenvalue weighted by Gasteiger charge is -2.09. The molecule has 84 valence electrons. The molecule has 0 fully saturated rings. The molecule has 1 aromatic heterocycles. The van der Waals surface area contributed by atoms with Gasteiger partial charge in [0.2, 0.25) is 0 Å². The number of benzene rings is 1. The average Bonchev–Trinajstić information content (AvgIpc) is 2.64. The first-order valence-electron chi connectivity index (χ1n) is 4.68. The molecule has 0 aliphatic rings. The molecular formula is C11H10Cl2N2S. The van der Waals surface area contributed by atoms with Crippen LogP contribution in [0.2, 0.25) is 10.0 Å². The highest BCUT2D eigenvalue weighted by atomic mass is 35.5. The summed E-state index contributed by atoms with van der Waals surface area (Å²) < 4.78 is 0. The lowest BCUT2D eigenvalue weighted by Crippen LogP contribution is -2.01. The highest BCUT2D eigenvalue weighted by molar-refractivity contribution is 7.10. The van der Waals surface area contributed by atoms with E-state index in [4.69, 9.17) is 28.9 Å². The minimum atomic E-state index is 0.614. The Labute approximate surface area is 108 Å². The number of nitrogen functional groups attached to an aromatic ring is 1. The SMILES string of the molecule is Nc1ccsc1CNc1c(Cl)cccc1Cl. The highest BCUT2D eigenvalue weighted by Crippen LogP contribution is 2.31. The maximum absolute atomic E-state index is 6.03. The van der Waals surface area contributed by atoms with E-state index in [2.05, 4.69) is 5.32 Å². The van der Waals surface area contributed by atoms with Crippen LogP contribution in [0, 0.1) is 0 Å². The fourth-order valence-electron chi connectivity index (χ4n) is 1.33. The van der Waals surface area contributed by atoms with Crippen molar-refractivity contribution < 1.29 is 0 Å². The van der Waals surface area contributed by atoms with E-state index in [9.17, 15) is 0 Å². The molecule has 5 heteroatoms. The number of rotatable bonds is 3. The lowest BCUT2D eigenvalue weighted by molar-refractivity contribution is 1.20. The quantitative estimate of drug-likeness (QED) is 0.877. The minimum absolute atomic E-state index is 0.614. The van der Waals surface area contributed by atoms with Crippen LogP contribution in [0.15, 0.2) is 29.6 Å². The molecule has 0 radical (unpaired) electrons. The van der Waals surface area contributed by atoms with Gasteiger partial charge < -0.3 is 11.1 Å². The molecule has 2 nitrogen and oxygen atoms in total. The Morgan fingerprint density at radius 2 is 1.88 bits per heavy atom. The molecule has 3 N–H and O–H groups in total. The summed E-state index contributed by atoms with van der Waals surface area (Å²) >= 11 is 13.7. The van der Waals surface area contributed by atoms with Crippen molar-refractivity contribution in [2.24, 2.45) is 0 Å². The molecule has 1 heterocycles. The zero-order valence-corrected chi connectivity index (χ0v) is 10.7. The molecule has 0 saturated heterocycles. The van der Waals surface area contributed by atoms with Gasteiger partial charge in [0.1, 0.15) is 0 Å². The maximum atomic E-state index is 6.03. The zero-order valence-electron chi connectivity index (χ0n) is 8.34. The van der Waals surface area contributed by atoms with Gasteiger partial charge in [0.05, 0.1) is 22.3 Å². The van der Waals surface area contributed by atoms with Gasteiger partial charge in [0.15, 0.2) is 0 Å². The van der Waals surface area contributed by atoms with E-state index >= 15 is 0 Å². The van der Waals surface area contributed by atoms with E-state index in [1.165, 1.54) is 0 Å². The summed E-state index contributed by atoms with van der Waals surface area (Å²) in [6.45, 7) is 0.632. The summed E-state index contributed by atoms with van der Waals surface area (Å²) in [5, 5.41) is 6.38. The second kappa shape index (κ2) is 4.95. The Morgan fingerprint density at radius 1 is 1.19 bits per heavy atom. The third kappa shape index (κ3) is 2.43. The summed E-state index contributed by atoms with van der Waals surface area (Å²) in [4.78, 5) is 1.08. The fourth-order valence-corrected chi connectivity index (χ4v) is 2.60. The van der Waals surface area contributed by atoms with Gasteiger partial charge in [0.25, 0.3) is 0 Å². The summed E-state index contributed by atoms with van der Waals surface area (Å²) in [5.74, 6) is 0. The second-order valence-electron chi connectivity index (χ2n) is 3.25. The molecule has 0 unspecified atom stereocenters. The van der Waals surface area contributed by atoms with Crippen molar-refractivity contribution in [3.05, 3.63) is 44.6 Å². The van der Waals surface area contributed by atoms with Crippen LogP contribution in [0.1, 0.15) is 4.88 Å². The molecule has 2 aromatic rings. The largest absolute Gasteiger partial charge is 0.398 e. The van der Waals surface area contributed by atoms with E-state index in [0.29, 0.717) is 16.6 Å². The van der Waals surface area contributed by atoms with Crippen LogP contribution >= 0.6 is 34.5 Å². The normalized spacial score (nSPS) is 10.4. The molecule has 0 atom stereocenters. The number of hydrogen-bond donors (Lipinski definition) is 2. The number of anilines is 2. The Hall–Kier alpha value is -0.900. The molecule has 0 aliphatic carbocycles. The topological polar surface area (TPSA) is 38.0 Å². The molecular weight excluding hydrogens is 263 g/mol. The van der Waals surface area contributed by atoms with Crippen molar-refractivity contribution >= 4 is 45.9 Å². The molecule has 2 rings (SSSR count). The first-order valence-corrected chi connectivity index (χ1v) is 6.32. The lowest BCUT2D eigenvalue weighted by atomic mass is 10.3. The van der Waals surface area contributed by atoms with Crippen LogP contribution in [-0.4, -0.2) is 0 Å². The van der Waals surface area contributed by atoms with Crippen LogP contribution in [0.4, 0.5) is 11.4 Å². The monoisotopic (exact) mass is 272 g/mol. The molecule has 0 amide bonds. The number of para-hydroxylation sites is 1. The van der Waals surface area contributed by atoms with Gasteiger partial charge in [-0.3, -0.25) is 0 Å². The molecule has 1 aromatic carbocycles. The number of thiophene rings is 1. The summed E-state index contributed by atoms with van der Waals surface area (Å²) in [6, 6.07) is 7.30. The number of hydrogen-bond acceptors (Lipinski definition) is 3. The predicted octanol–water partition coefficient (Wildman–Crippen LogP) is 4.25. The standard InChI is InChI=1S/C11H10Cl2N2S/c12-7-2-1-3-8(13)11(7)15-6-10-9(14)4-5-16-10/h1-5,15H,6,14H2. The van der Waals surface area contributed by atoms with Gasteiger partial charge in [-0.15, -0.1) is 11.3 Å². The summed E-state index contributed by atoms with van der Waals surface area (Å²) in [5.41, 5.74) is 7.33. The van der Waals surface area contributed by atoms with E-state index in [1.807, 2.05) is 17.5 Å². The van der Waals surface area contributed by atoms with Crippen LogP contribution < -0.4 is 11.1 Å². The highest BCUT2D eigenvalue weighted by Gasteiger charge is 2.06. The Kier molecular flexibility index (Phi) is 3.59. The van der Waals surface area contributed by atoms with Crippen molar-refractivity contribution in [3.8, 4) is 0 Å². The molecule has 0 saturated carbocycles. The minimum Gasteiger partial charge on any atom is -0.398 e. The molecule has 0 bridgehead atoms. The Balaban J connectivity index is 2.14. The second-order valence-corrected chi connectivity index (χ2v) is 5.06. The fraction of sp³-hybridized carbons (Fsp3) is 0.0909. The molecule has 0 aliphatic heterocycles. The third-order valence-corrected chi connectivity index (χ3v) is 3.74. The molecule has 16 heavy (non-hydrogen) atoms. The van der Waals surface area contributed by atoms with Gasteiger partial charge in [-0.1, -0.05) is 29.3 Å². The van der Waals surface area contributed by atoms with E-state index < -0.39 is 0 Å². The van der Waals surface area contributed by atoms with Crippen molar-refractivity contribution in [1.29, 1.82) is 0 Å². The maximum Gasteiger partial charge on any atom is 0.0721 e. The van der Waals surface area contributed by atoms with Crippen molar-refractivity contribution in [1.82, 2.24) is 0 Å². The first-order chi connectivity index (χ1) is 7.68. The van der Waals surface area contributed by atoms with Crippen molar-refractivity contribution in [2.75, 3.05) is 11.1 Å². The first kappa shape index (κ1) is 11.6. The predicted molar refractivity (Wildman–Crippen MR) is 72.5 cm³/mol. The van der Waals surface area contributed by atoms with Crippen LogP contribution in [0.5, 0.6) is 0 Å². The summed E-state index contributed by atoms with van der Waals surface area (Å²) in [6.07, 6.45) is 0. The zero-order chi connectivity index (χ0) is 11.5. The number of nitrogens with one attached hydrogen (secondary N) is 1. The van der Waals surface area contributed by atoms with E-state index in [1.54, 1.807) is 23.5 Å². The van der Waals surface area contributed by atoms with Gasteiger partial charge in [0, 0.05) is 10.6 Å². The van der Waals surface area contributed by atoms with Gasteiger partial charge in [-0.25, -0.2) is 0 Å². The summed E-state index contributed by atoms with van der Waals surface area (Å²) in [7, 11) is 0. The smallest absolute Gasteiger partial charge is 0.0721 e. The molecule has 0 spiro atoms. The van der Waals surface area contributed by atoms with Gasteiger partial charge in [-0.2, -0.15) is 0 Å². The van der Waals surface area contributed by atoms with E-state index in [0.717, 1.165) is 16.3 Å². The third-order valence-electron chi connectivity index (χ3n) is 2.17. The number of nitrogens with two attached hydrogens (primary N) is 1. The van der Waals surface area contributed by atoms with Crippen LogP contribution in [0.3, 0.4) is 0 Å². The van der Waals surface area contributed by atoms with Crippen LogP contribution in [-0.2, 0) is 6.54 Å². The Bertz CT molecular complexity index is 476. The van der Waals surface area contributed by atoms with Gasteiger partial charge >= 0.3 is 0 Å².